The molecule has 0 bridgehead atoms. The first-order valence-corrected chi connectivity index (χ1v) is 8.16. The first-order chi connectivity index (χ1) is 10.1. The molecule has 3 nitrogen and oxygen atoms in total. The summed E-state index contributed by atoms with van der Waals surface area (Å²) < 4.78 is 5.41. The molecule has 1 aliphatic heterocycles. The number of carbonyl (C=O) groups is 1. The largest absolute Gasteiger partial charge is 0.381 e. The molecule has 1 saturated heterocycles. The van der Waals surface area contributed by atoms with Crippen LogP contribution in [-0.4, -0.2) is 19.1 Å². The number of hydrogen-bond acceptors (Lipinski definition) is 2. The van der Waals surface area contributed by atoms with Gasteiger partial charge in [0.1, 0.15) is 0 Å². The molecule has 0 unspecified atom stereocenters. The third kappa shape index (κ3) is 3.09. The van der Waals surface area contributed by atoms with E-state index in [2.05, 4.69) is 12.2 Å². The normalized spacial score (nSPS) is 24.6. The summed E-state index contributed by atoms with van der Waals surface area (Å²) in [6.45, 7) is 3.70. The van der Waals surface area contributed by atoms with Crippen molar-refractivity contribution in [2.24, 2.45) is 11.3 Å². The van der Waals surface area contributed by atoms with Crippen molar-refractivity contribution in [2.75, 3.05) is 13.2 Å². The molecule has 114 valence electrons. The van der Waals surface area contributed by atoms with Crippen molar-refractivity contribution >= 4 is 17.5 Å². The summed E-state index contributed by atoms with van der Waals surface area (Å²) >= 11 is 5.92. The van der Waals surface area contributed by atoms with Crippen LogP contribution in [0, 0.1) is 11.3 Å². The lowest BCUT2D eigenvalue weighted by Gasteiger charge is -2.24. The van der Waals surface area contributed by atoms with E-state index >= 15 is 0 Å². The minimum absolute atomic E-state index is 0.0762. The van der Waals surface area contributed by atoms with Gasteiger partial charge in [-0.2, -0.15) is 0 Å². The van der Waals surface area contributed by atoms with Crippen molar-refractivity contribution in [3.8, 4) is 0 Å². The Kier molecular flexibility index (Phi) is 4.23. The molecule has 1 spiro atoms. The number of nitrogens with one attached hydrogen (secondary N) is 1. The van der Waals surface area contributed by atoms with Crippen LogP contribution in [0.5, 0.6) is 0 Å². The topological polar surface area (TPSA) is 38.3 Å². The summed E-state index contributed by atoms with van der Waals surface area (Å²) in [7, 11) is 0. The van der Waals surface area contributed by atoms with Crippen LogP contribution in [0.15, 0.2) is 24.3 Å². The Morgan fingerprint density at radius 1 is 1.38 bits per heavy atom. The molecule has 2 fully saturated rings. The zero-order chi connectivity index (χ0) is 14.9. The number of amides is 1. The number of carbonyl (C=O) groups excluding carboxylic acids is 1. The van der Waals surface area contributed by atoms with E-state index in [4.69, 9.17) is 16.3 Å². The minimum Gasteiger partial charge on any atom is -0.381 e. The molecule has 3 rings (SSSR count). The number of rotatable bonds is 4. The molecule has 4 heteroatoms. The molecule has 2 aliphatic rings. The lowest BCUT2D eigenvalue weighted by atomic mass is 9.93. The fraction of sp³-hybridized carbons (Fsp3) is 0.588. The molecular weight excluding hydrogens is 286 g/mol. The average molecular weight is 308 g/mol. The van der Waals surface area contributed by atoms with Crippen LogP contribution in [0.3, 0.4) is 0 Å². The van der Waals surface area contributed by atoms with Crippen molar-refractivity contribution in [3.05, 3.63) is 34.9 Å². The van der Waals surface area contributed by atoms with Crippen molar-refractivity contribution in [1.29, 1.82) is 0 Å². The summed E-state index contributed by atoms with van der Waals surface area (Å²) in [5.74, 6) is 0.390. The Labute approximate surface area is 131 Å². The maximum atomic E-state index is 12.5. The molecular formula is C17H22ClNO2. The predicted molar refractivity (Wildman–Crippen MR) is 83.2 cm³/mol. The second-order valence-corrected chi connectivity index (χ2v) is 6.69. The van der Waals surface area contributed by atoms with Crippen molar-refractivity contribution in [2.45, 2.75) is 38.6 Å². The summed E-state index contributed by atoms with van der Waals surface area (Å²) in [6, 6.07) is 7.82. The molecule has 0 radical (unpaired) electrons. The molecule has 1 aliphatic carbocycles. The van der Waals surface area contributed by atoms with E-state index in [0.29, 0.717) is 0 Å². The highest BCUT2D eigenvalue weighted by Crippen LogP contribution is 2.59. The lowest BCUT2D eigenvalue weighted by molar-refractivity contribution is -0.124. The number of benzene rings is 1. The van der Waals surface area contributed by atoms with Gasteiger partial charge in [-0.3, -0.25) is 4.79 Å². The van der Waals surface area contributed by atoms with Gasteiger partial charge >= 0.3 is 0 Å². The first kappa shape index (κ1) is 14.9. The first-order valence-electron chi connectivity index (χ1n) is 7.78. The molecule has 1 heterocycles. The fourth-order valence-corrected chi connectivity index (χ4v) is 3.56. The van der Waals surface area contributed by atoms with Crippen LogP contribution in [0.25, 0.3) is 0 Å². The molecule has 1 saturated carbocycles. The van der Waals surface area contributed by atoms with Gasteiger partial charge in [-0.25, -0.2) is 0 Å². The third-order valence-electron chi connectivity index (χ3n) is 4.99. The van der Waals surface area contributed by atoms with Gasteiger partial charge in [0.15, 0.2) is 0 Å². The maximum absolute atomic E-state index is 12.5. The van der Waals surface area contributed by atoms with Crippen LogP contribution in [0.1, 0.15) is 44.2 Å². The second-order valence-electron chi connectivity index (χ2n) is 6.25. The number of ether oxygens (including phenoxy) is 1. The number of hydrogen-bond donors (Lipinski definition) is 1. The van der Waals surface area contributed by atoms with Gasteiger partial charge in [-0.05, 0) is 48.8 Å². The van der Waals surface area contributed by atoms with Gasteiger partial charge in [0.05, 0.1) is 6.04 Å². The van der Waals surface area contributed by atoms with E-state index in [9.17, 15) is 4.79 Å². The number of halogens is 1. The van der Waals surface area contributed by atoms with E-state index in [1.807, 2.05) is 24.3 Å². The van der Waals surface area contributed by atoms with Crippen molar-refractivity contribution < 1.29 is 9.53 Å². The summed E-state index contributed by atoms with van der Waals surface area (Å²) in [6.07, 6.45) is 3.97. The molecule has 1 aromatic rings. The van der Waals surface area contributed by atoms with Gasteiger partial charge in [0.25, 0.3) is 0 Å². The Hall–Kier alpha value is -1.06. The smallest absolute Gasteiger partial charge is 0.224 e. The molecule has 1 amide bonds. The van der Waals surface area contributed by atoms with Crippen LogP contribution >= 0.6 is 11.6 Å². The Morgan fingerprint density at radius 2 is 2.05 bits per heavy atom. The monoisotopic (exact) mass is 307 g/mol. The highest BCUT2D eigenvalue weighted by atomic mass is 35.5. The summed E-state index contributed by atoms with van der Waals surface area (Å²) in [5, 5.41) is 3.94. The summed E-state index contributed by atoms with van der Waals surface area (Å²) in [5.41, 5.74) is 1.36. The molecule has 1 aromatic carbocycles. The predicted octanol–water partition coefficient (Wildman–Crippen LogP) is 3.72. The Balaban J connectivity index is 1.62. The van der Waals surface area contributed by atoms with E-state index in [-0.39, 0.29) is 23.3 Å². The van der Waals surface area contributed by atoms with Crippen LogP contribution < -0.4 is 5.32 Å². The second kappa shape index (κ2) is 5.98. The van der Waals surface area contributed by atoms with E-state index < -0.39 is 0 Å². The van der Waals surface area contributed by atoms with Gasteiger partial charge < -0.3 is 10.1 Å². The van der Waals surface area contributed by atoms with Crippen LogP contribution in [0.2, 0.25) is 5.02 Å². The van der Waals surface area contributed by atoms with Gasteiger partial charge in [-0.15, -0.1) is 0 Å². The zero-order valence-electron chi connectivity index (χ0n) is 12.4. The zero-order valence-corrected chi connectivity index (χ0v) is 13.2. The lowest BCUT2D eigenvalue weighted by Crippen LogP contribution is -2.32. The van der Waals surface area contributed by atoms with Gasteiger partial charge in [0, 0.05) is 24.2 Å². The van der Waals surface area contributed by atoms with E-state index in [0.717, 1.165) is 49.5 Å². The standard InChI is InChI=1S/C17H22ClNO2/c1-2-15(12-3-5-13(18)6-4-12)19-16(20)14-11-17(14)7-9-21-10-8-17/h3-6,14-15H,2,7-11H2,1H3,(H,19,20)/t14-,15+/m0/s1. The Morgan fingerprint density at radius 3 is 2.67 bits per heavy atom. The van der Waals surface area contributed by atoms with E-state index in [1.165, 1.54) is 0 Å². The Bertz CT molecular complexity index is 508. The van der Waals surface area contributed by atoms with Crippen LogP contribution in [0.4, 0.5) is 0 Å². The molecule has 21 heavy (non-hydrogen) atoms. The fourth-order valence-electron chi connectivity index (χ4n) is 3.44. The highest BCUT2D eigenvalue weighted by molar-refractivity contribution is 6.30. The maximum Gasteiger partial charge on any atom is 0.224 e. The SMILES string of the molecule is CC[C@@H](NC(=O)[C@@H]1CC12CCOCC2)c1ccc(Cl)cc1. The van der Waals surface area contributed by atoms with E-state index in [1.54, 1.807) is 0 Å². The highest BCUT2D eigenvalue weighted by Gasteiger charge is 2.58. The molecule has 2 atom stereocenters. The quantitative estimate of drug-likeness (QED) is 0.920. The van der Waals surface area contributed by atoms with Crippen LogP contribution in [-0.2, 0) is 9.53 Å². The molecule has 0 aromatic heterocycles. The van der Waals surface area contributed by atoms with Crippen molar-refractivity contribution in [3.63, 3.8) is 0 Å². The van der Waals surface area contributed by atoms with Crippen molar-refractivity contribution in [1.82, 2.24) is 5.32 Å². The van der Waals surface area contributed by atoms with Gasteiger partial charge in [0.2, 0.25) is 5.91 Å². The molecule has 1 N–H and O–H groups in total. The third-order valence-corrected chi connectivity index (χ3v) is 5.24. The minimum atomic E-state index is 0.0762. The summed E-state index contributed by atoms with van der Waals surface area (Å²) in [4.78, 5) is 12.5. The van der Waals surface area contributed by atoms with Gasteiger partial charge in [-0.1, -0.05) is 30.7 Å². The average Bonchev–Trinajstić information content (AvgIpc) is 3.20.